The van der Waals surface area contributed by atoms with Crippen molar-refractivity contribution in [2.45, 2.75) is 102 Å². The van der Waals surface area contributed by atoms with Gasteiger partial charge in [-0.2, -0.15) is 0 Å². The highest BCUT2D eigenvalue weighted by Crippen LogP contribution is 2.41. The van der Waals surface area contributed by atoms with Gasteiger partial charge < -0.3 is 9.64 Å². The highest BCUT2D eigenvalue weighted by atomic mass is 32.2. The lowest BCUT2D eigenvalue weighted by Gasteiger charge is -2.54. The molecule has 1 aromatic rings. The number of halogens is 1. The number of rotatable bonds is 6. The fraction of sp³-hybridized carbons (Fsp3) is 0.774. The van der Waals surface area contributed by atoms with E-state index in [1.54, 1.807) is 16.4 Å². The number of carbonyl (C=O) groups excluding carboxylic acids is 1. The highest BCUT2D eigenvalue weighted by molar-refractivity contribution is 7.90. The molecule has 1 aliphatic carbocycles. The normalized spacial score (nSPS) is 26.6. The van der Waals surface area contributed by atoms with Crippen LogP contribution in [-0.4, -0.2) is 102 Å². The fourth-order valence-electron chi connectivity index (χ4n) is 7.14. The number of amides is 1. The molecule has 3 aliphatic heterocycles. The maximum atomic E-state index is 14.5. The summed E-state index contributed by atoms with van der Waals surface area (Å²) in [4.78, 5) is 19.6. The summed E-state index contributed by atoms with van der Waals surface area (Å²) >= 11 is 0. The second kappa shape index (κ2) is 11.7. The summed E-state index contributed by atoms with van der Waals surface area (Å²) in [6.07, 6.45) is 4.73. The number of piperidine rings is 2. The van der Waals surface area contributed by atoms with Crippen molar-refractivity contribution < 1.29 is 22.3 Å². The van der Waals surface area contributed by atoms with Gasteiger partial charge in [-0.3, -0.25) is 9.80 Å². The van der Waals surface area contributed by atoms with Crippen molar-refractivity contribution in [1.29, 1.82) is 0 Å². The monoisotopic (exact) mass is 592 g/mol. The Hall–Kier alpha value is -1.75. The van der Waals surface area contributed by atoms with Crippen molar-refractivity contribution in [3.8, 4) is 0 Å². The van der Waals surface area contributed by atoms with Gasteiger partial charge in [0.05, 0.1) is 5.25 Å². The van der Waals surface area contributed by atoms with Crippen LogP contribution in [0.4, 0.5) is 9.18 Å². The number of sulfonamides is 1. The molecule has 0 aromatic heterocycles. The van der Waals surface area contributed by atoms with Crippen LogP contribution in [0, 0.1) is 11.7 Å². The quantitative estimate of drug-likeness (QED) is 0.470. The van der Waals surface area contributed by atoms with E-state index in [0.717, 1.165) is 63.7 Å². The zero-order valence-electron chi connectivity index (χ0n) is 25.5. The Morgan fingerprint density at radius 3 is 2.24 bits per heavy atom. The minimum atomic E-state index is -3.17. The van der Waals surface area contributed by atoms with Crippen molar-refractivity contribution in [2.24, 2.45) is 5.92 Å². The fourth-order valence-corrected chi connectivity index (χ4v) is 9.01. The van der Waals surface area contributed by atoms with E-state index in [2.05, 4.69) is 23.6 Å². The number of hydrogen-bond acceptors (Lipinski definition) is 6. The first-order chi connectivity index (χ1) is 19.3. The van der Waals surface area contributed by atoms with Gasteiger partial charge in [0, 0.05) is 63.4 Å². The van der Waals surface area contributed by atoms with Crippen LogP contribution in [0.5, 0.6) is 0 Å². The van der Waals surface area contributed by atoms with Crippen molar-refractivity contribution in [2.75, 3.05) is 45.8 Å². The molecule has 10 heteroatoms. The van der Waals surface area contributed by atoms with Crippen LogP contribution in [-0.2, 0) is 14.8 Å². The molecule has 0 N–H and O–H groups in total. The first-order valence-corrected chi connectivity index (χ1v) is 17.0. The molecule has 1 unspecified atom stereocenters. The summed E-state index contributed by atoms with van der Waals surface area (Å²) in [6, 6.07) is 7.31. The summed E-state index contributed by atoms with van der Waals surface area (Å²) in [6.45, 7) is 15.5. The molecule has 8 nitrogen and oxygen atoms in total. The van der Waals surface area contributed by atoms with E-state index in [9.17, 15) is 17.6 Å². The molecule has 1 saturated carbocycles. The molecule has 0 spiro atoms. The van der Waals surface area contributed by atoms with Crippen molar-refractivity contribution in [3.05, 3.63) is 35.6 Å². The third-order valence-corrected chi connectivity index (χ3v) is 12.1. The van der Waals surface area contributed by atoms with E-state index in [-0.39, 0.29) is 40.7 Å². The van der Waals surface area contributed by atoms with E-state index in [4.69, 9.17) is 4.74 Å². The van der Waals surface area contributed by atoms with Gasteiger partial charge in [0.15, 0.2) is 0 Å². The molecule has 4 fully saturated rings. The van der Waals surface area contributed by atoms with Crippen molar-refractivity contribution in [3.63, 3.8) is 0 Å². The molecule has 0 bridgehead atoms. The number of ether oxygens (including phenoxy) is 1. The van der Waals surface area contributed by atoms with Crippen LogP contribution < -0.4 is 0 Å². The lowest BCUT2D eigenvalue weighted by Crippen LogP contribution is -2.63. The van der Waals surface area contributed by atoms with Crippen LogP contribution in [0.3, 0.4) is 0 Å². The van der Waals surface area contributed by atoms with Gasteiger partial charge in [-0.15, -0.1) is 0 Å². The molecule has 3 saturated heterocycles. The van der Waals surface area contributed by atoms with E-state index in [0.29, 0.717) is 26.2 Å². The Bertz CT molecular complexity index is 1180. The molecule has 0 radical (unpaired) electrons. The SMILES string of the molecule is CC1CN(C2(C)CCN(C(=O)OC(C)(C)C)CC2)CCN1[C@@H](c1cccc(F)c1)C1CCN(S(=O)(=O)C2CC2)CC1. The van der Waals surface area contributed by atoms with Gasteiger partial charge in [0.25, 0.3) is 0 Å². The topological polar surface area (TPSA) is 73.4 Å². The first kappa shape index (κ1) is 30.7. The van der Waals surface area contributed by atoms with Gasteiger partial charge in [-0.05, 0) is 96.8 Å². The largest absolute Gasteiger partial charge is 0.444 e. The smallest absolute Gasteiger partial charge is 0.410 e. The number of piperazine rings is 1. The number of likely N-dealkylation sites (tertiary alicyclic amines) is 1. The molecule has 5 rings (SSSR count). The Morgan fingerprint density at radius 2 is 1.68 bits per heavy atom. The van der Waals surface area contributed by atoms with E-state index < -0.39 is 15.6 Å². The van der Waals surface area contributed by atoms with Gasteiger partial charge >= 0.3 is 6.09 Å². The summed E-state index contributed by atoms with van der Waals surface area (Å²) in [5.41, 5.74) is 0.505. The predicted octanol–water partition coefficient (Wildman–Crippen LogP) is 4.87. The van der Waals surface area contributed by atoms with Crippen LogP contribution in [0.15, 0.2) is 24.3 Å². The predicted molar refractivity (Wildman–Crippen MR) is 159 cm³/mol. The van der Waals surface area contributed by atoms with Gasteiger partial charge in [-0.1, -0.05) is 12.1 Å². The summed E-state index contributed by atoms with van der Waals surface area (Å²) < 4.78 is 47.5. The van der Waals surface area contributed by atoms with Crippen LogP contribution >= 0.6 is 0 Å². The van der Waals surface area contributed by atoms with Crippen LogP contribution in [0.25, 0.3) is 0 Å². The van der Waals surface area contributed by atoms with Gasteiger partial charge in [-0.25, -0.2) is 21.9 Å². The molecule has 2 atom stereocenters. The zero-order chi connectivity index (χ0) is 29.6. The molecule has 1 amide bonds. The Kier molecular flexibility index (Phi) is 8.79. The second-order valence-electron chi connectivity index (χ2n) is 14.0. The van der Waals surface area contributed by atoms with Crippen LogP contribution in [0.1, 0.15) is 84.7 Å². The standard InChI is InChI=1S/C31H49FN4O4S/c1-23-22-34(31(5)13-17-33(18-14-31)29(37)40-30(2,3)4)19-20-36(23)28(25-7-6-8-26(32)21-25)24-11-15-35(16-12-24)41(38,39)27-9-10-27/h6-8,21,23-24,27-28H,9-20,22H2,1-5H3/t23?,28-/m1/s1. The highest BCUT2D eigenvalue weighted by Gasteiger charge is 2.45. The second-order valence-corrected chi connectivity index (χ2v) is 16.2. The third-order valence-electron chi connectivity index (χ3n) is 9.73. The number of hydrogen-bond donors (Lipinski definition) is 0. The van der Waals surface area contributed by atoms with Gasteiger partial charge in [0.1, 0.15) is 11.4 Å². The molecular formula is C31H49FN4O4S. The maximum absolute atomic E-state index is 14.5. The molecule has 4 aliphatic rings. The number of benzene rings is 1. The zero-order valence-corrected chi connectivity index (χ0v) is 26.3. The molecule has 3 heterocycles. The van der Waals surface area contributed by atoms with E-state index in [1.165, 1.54) is 6.07 Å². The Labute approximate surface area is 246 Å². The average Bonchev–Trinajstić information content (AvgIpc) is 3.76. The van der Waals surface area contributed by atoms with E-state index >= 15 is 0 Å². The Balaban J connectivity index is 1.25. The first-order valence-electron chi connectivity index (χ1n) is 15.5. The minimum absolute atomic E-state index is 0.00965. The molecule has 41 heavy (non-hydrogen) atoms. The lowest BCUT2D eigenvalue weighted by molar-refractivity contribution is -0.0472. The number of nitrogens with zero attached hydrogens (tertiary/aromatic N) is 4. The molecular weight excluding hydrogens is 543 g/mol. The number of carbonyl (C=O) groups is 1. The maximum Gasteiger partial charge on any atom is 0.410 e. The van der Waals surface area contributed by atoms with Crippen LogP contribution in [0.2, 0.25) is 0 Å². The van der Waals surface area contributed by atoms with Crippen molar-refractivity contribution in [1.82, 2.24) is 19.0 Å². The molecule has 230 valence electrons. The summed E-state index contributed by atoms with van der Waals surface area (Å²) in [5, 5.41) is -0.177. The summed E-state index contributed by atoms with van der Waals surface area (Å²) in [7, 11) is -3.17. The summed E-state index contributed by atoms with van der Waals surface area (Å²) in [5.74, 6) is 0.0425. The Morgan fingerprint density at radius 1 is 1.02 bits per heavy atom. The van der Waals surface area contributed by atoms with E-state index in [1.807, 2.05) is 31.7 Å². The van der Waals surface area contributed by atoms with Crippen molar-refractivity contribution >= 4 is 16.1 Å². The third kappa shape index (κ3) is 6.92. The minimum Gasteiger partial charge on any atom is -0.444 e. The molecule has 1 aromatic carbocycles. The lowest BCUT2D eigenvalue weighted by atomic mass is 9.82. The van der Waals surface area contributed by atoms with Gasteiger partial charge in [0.2, 0.25) is 10.0 Å². The average molecular weight is 593 g/mol.